The molecular weight excluding hydrogens is 469 g/mol. The van der Waals surface area contributed by atoms with Gasteiger partial charge in [0, 0.05) is 28.9 Å². The van der Waals surface area contributed by atoms with E-state index in [1.165, 1.54) is 5.56 Å². The molecule has 0 aliphatic rings. The van der Waals surface area contributed by atoms with Gasteiger partial charge in [0.15, 0.2) is 0 Å². The molecular formula is C25H24ClF3N2O3. The van der Waals surface area contributed by atoms with Crippen LogP contribution < -0.4 is 10.6 Å². The second-order valence-electron chi connectivity index (χ2n) is 7.58. The zero-order chi connectivity index (χ0) is 25.3. The van der Waals surface area contributed by atoms with Gasteiger partial charge in [0.05, 0.1) is 0 Å². The highest BCUT2D eigenvalue weighted by atomic mass is 35.5. The Bertz CT molecular complexity index is 1100. The summed E-state index contributed by atoms with van der Waals surface area (Å²) in [5.74, 6) is -2.93. The number of alkyl halides is 3. The Kier molecular flexibility index (Phi) is 9.65. The summed E-state index contributed by atoms with van der Waals surface area (Å²) >= 11 is 5.94. The average Bonchev–Trinajstić information content (AvgIpc) is 2.78. The Balaban J connectivity index is 0.000000509. The fourth-order valence-electron chi connectivity index (χ4n) is 2.72. The van der Waals surface area contributed by atoms with Crippen LogP contribution in [0.3, 0.4) is 0 Å². The lowest BCUT2D eigenvalue weighted by molar-refractivity contribution is -0.192. The van der Waals surface area contributed by atoms with Crippen LogP contribution in [0.4, 0.5) is 18.9 Å². The van der Waals surface area contributed by atoms with E-state index in [-0.39, 0.29) is 5.91 Å². The molecule has 0 aliphatic heterocycles. The number of rotatable bonds is 6. The topological polar surface area (TPSA) is 78.4 Å². The van der Waals surface area contributed by atoms with E-state index < -0.39 is 12.1 Å². The third-order valence-electron chi connectivity index (χ3n) is 4.47. The van der Waals surface area contributed by atoms with Crippen LogP contribution in [0.25, 0.3) is 11.1 Å². The highest BCUT2D eigenvalue weighted by Gasteiger charge is 2.38. The summed E-state index contributed by atoms with van der Waals surface area (Å²) < 4.78 is 31.7. The van der Waals surface area contributed by atoms with Crippen LogP contribution in [0.15, 0.2) is 72.8 Å². The smallest absolute Gasteiger partial charge is 0.475 e. The molecule has 180 valence electrons. The average molecular weight is 493 g/mol. The Hall–Kier alpha value is -3.36. The summed E-state index contributed by atoms with van der Waals surface area (Å²) in [6.07, 6.45) is -5.08. The van der Waals surface area contributed by atoms with E-state index >= 15 is 0 Å². The van der Waals surface area contributed by atoms with E-state index in [0.29, 0.717) is 16.6 Å². The molecule has 3 aromatic rings. The number of anilines is 1. The van der Waals surface area contributed by atoms with E-state index in [2.05, 4.69) is 48.7 Å². The SMILES string of the molecule is CC(C)NCc1ccc(-c2ccc(NC(=O)c3cccc(Cl)c3)cc2)cc1.O=C(O)C(F)(F)F. The summed E-state index contributed by atoms with van der Waals surface area (Å²) in [7, 11) is 0. The van der Waals surface area contributed by atoms with Crippen molar-refractivity contribution in [3.8, 4) is 11.1 Å². The number of carbonyl (C=O) groups excluding carboxylic acids is 1. The number of amides is 1. The third-order valence-corrected chi connectivity index (χ3v) is 4.71. The van der Waals surface area contributed by atoms with Gasteiger partial charge < -0.3 is 15.7 Å². The predicted molar refractivity (Wildman–Crippen MR) is 127 cm³/mol. The molecule has 1 amide bonds. The van der Waals surface area contributed by atoms with Gasteiger partial charge in [0.1, 0.15) is 0 Å². The van der Waals surface area contributed by atoms with Crippen molar-refractivity contribution in [2.45, 2.75) is 32.6 Å². The van der Waals surface area contributed by atoms with Gasteiger partial charge in [-0.15, -0.1) is 0 Å². The van der Waals surface area contributed by atoms with Crippen molar-refractivity contribution in [3.63, 3.8) is 0 Å². The van der Waals surface area contributed by atoms with Crippen LogP contribution in [-0.2, 0) is 11.3 Å². The standard InChI is InChI=1S/C23H23ClN2O.C2HF3O2/c1-16(2)25-15-17-6-8-18(9-7-17)19-10-12-22(13-11-19)26-23(27)20-4-3-5-21(24)14-20;3-2(4,5)1(6)7/h3-14,16,25H,15H2,1-2H3,(H,26,27);(H,6,7). The number of halogens is 4. The van der Waals surface area contributed by atoms with Crippen molar-refractivity contribution in [3.05, 3.63) is 88.9 Å². The van der Waals surface area contributed by atoms with Gasteiger partial charge in [-0.1, -0.05) is 67.9 Å². The number of carboxylic acid groups (broad SMARTS) is 1. The highest BCUT2D eigenvalue weighted by Crippen LogP contribution is 2.22. The monoisotopic (exact) mass is 492 g/mol. The molecule has 0 bridgehead atoms. The summed E-state index contributed by atoms with van der Waals surface area (Å²) in [6.45, 7) is 5.15. The van der Waals surface area contributed by atoms with Crippen LogP contribution in [0.2, 0.25) is 5.02 Å². The molecule has 0 aliphatic carbocycles. The second-order valence-corrected chi connectivity index (χ2v) is 8.01. The molecule has 0 radical (unpaired) electrons. The van der Waals surface area contributed by atoms with Crippen molar-refractivity contribution in [1.82, 2.24) is 5.32 Å². The molecule has 0 atom stereocenters. The molecule has 0 aromatic heterocycles. The van der Waals surface area contributed by atoms with Crippen LogP contribution in [0.1, 0.15) is 29.8 Å². The zero-order valence-corrected chi connectivity index (χ0v) is 19.2. The minimum Gasteiger partial charge on any atom is -0.475 e. The molecule has 5 nitrogen and oxygen atoms in total. The Morgan fingerprint density at radius 3 is 1.94 bits per heavy atom. The summed E-state index contributed by atoms with van der Waals surface area (Å²) in [4.78, 5) is 21.2. The highest BCUT2D eigenvalue weighted by molar-refractivity contribution is 6.31. The van der Waals surface area contributed by atoms with Gasteiger partial charge in [-0.25, -0.2) is 4.79 Å². The quantitative estimate of drug-likeness (QED) is 0.372. The first-order valence-electron chi connectivity index (χ1n) is 10.3. The van der Waals surface area contributed by atoms with Crippen LogP contribution >= 0.6 is 11.6 Å². The minimum absolute atomic E-state index is 0.174. The number of carbonyl (C=O) groups is 2. The fourth-order valence-corrected chi connectivity index (χ4v) is 2.91. The molecule has 0 spiro atoms. The lowest BCUT2D eigenvalue weighted by Gasteiger charge is -2.10. The van der Waals surface area contributed by atoms with E-state index in [0.717, 1.165) is 23.4 Å². The molecule has 0 fully saturated rings. The molecule has 34 heavy (non-hydrogen) atoms. The van der Waals surface area contributed by atoms with E-state index in [9.17, 15) is 18.0 Å². The predicted octanol–water partition coefficient (Wildman–Crippen LogP) is 6.39. The van der Waals surface area contributed by atoms with Crippen molar-refractivity contribution in [2.75, 3.05) is 5.32 Å². The summed E-state index contributed by atoms with van der Waals surface area (Å²) in [6, 6.07) is 23.7. The van der Waals surface area contributed by atoms with Gasteiger partial charge in [0.25, 0.3) is 5.91 Å². The van der Waals surface area contributed by atoms with Crippen LogP contribution in [0, 0.1) is 0 Å². The van der Waals surface area contributed by atoms with Crippen molar-refractivity contribution >= 4 is 29.2 Å². The maximum absolute atomic E-state index is 12.3. The largest absolute Gasteiger partial charge is 0.490 e. The second kappa shape index (κ2) is 12.2. The Morgan fingerprint density at radius 2 is 1.47 bits per heavy atom. The van der Waals surface area contributed by atoms with Gasteiger partial charge in [-0.05, 0) is 47.0 Å². The van der Waals surface area contributed by atoms with E-state index in [1.807, 2.05) is 24.3 Å². The number of benzene rings is 3. The maximum atomic E-state index is 12.3. The first-order chi connectivity index (χ1) is 16.0. The van der Waals surface area contributed by atoms with Gasteiger partial charge >= 0.3 is 12.1 Å². The number of hydrogen-bond acceptors (Lipinski definition) is 3. The minimum atomic E-state index is -5.08. The lowest BCUT2D eigenvalue weighted by Crippen LogP contribution is -2.21. The molecule has 3 N–H and O–H groups in total. The van der Waals surface area contributed by atoms with Gasteiger partial charge in [-0.2, -0.15) is 13.2 Å². The Labute approximate surface area is 200 Å². The number of hydrogen-bond donors (Lipinski definition) is 3. The van der Waals surface area contributed by atoms with Crippen molar-refractivity contribution in [2.24, 2.45) is 0 Å². The number of carboxylic acids is 1. The zero-order valence-electron chi connectivity index (χ0n) is 18.5. The molecule has 3 rings (SSSR count). The Morgan fingerprint density at radius 1 is 0.941 bits per heavy atom. The third kappa shape index (κ3) is 8.88. The summed E-state index contributed by atoms with van der Waals surface area (Å²) in [5, 5.41) is 14.0. The molecule has 9 heteroatoms. The van der Waals surface area contributed by atoms with Crippen LogP contribution in [-0.4, -0.2) is 29.2 Å². The molecule has 0 unspecified atom stereocenters. The normalized spacial score (nSPS) is 10.9. The van der Waals surface area contributed by atoms with Crippen molar-refractivity contribution in [1.29, 1.82) is 0 Å². The first-order valence-corrected chi connectivity index (χ1v) is 10.6. The van der Waals surface area contributed by atoms with Crippen molar-refractivity contribution < 1.29 is 27.9 Å². The summed E-state index contributed by atoms with van der Waals surface area (Å²) in [5.41, 5.74) is 4.81. The fraction of sp³-hybridized carbons (Fsp3) is 0.200. The van der Waals surface area contributed by atoms with E-state index in [4.69, 9.17) is 21.5 Å². The van der Waals surface area contributed by atoms with Gasteiger partial charge in [-0.3, -0.25) is 4.79 Å². The first kappa shape index (κ1) is 26.9. The molecule has 0 saturated carbocycles. The van der Waals surface area contributed by atoms with E-state index in [1.54, 1.807) is 24.3 Å². The van der Waals surface area contributed by atoms with Gasteiger partial charge in [0.2, 0.25) is 0 Å². The number of aliphatic carboxylic acids is 1. The number of nitrogens with one attached hydrogen (secondary N) is 2. The molecule has 0 heterocycles. The van der Waals surface area contributed by atoms with Crippen LogP contribution in [0.5, 0.6) is 0 Å². The molecule has 0 saturated heterocycles. The lowest BCUT2D eigenvalue weighted by atomic mass is 10.0. The maximum Gasteiger partial charge on any atom is 0.490 e. The molecule has 3 aromatic carbocycles.